The number of aliphatic hydroxyl groups excluding tert-OH is 1. The molecule has 0 radical (unpaired) electrons. The summed E-state index contributed by atoms with van der Waals surface area (Å²) in [5.74, 6) is -2.08. The predicted octanol–water partition coefficient (Wildman–Crippen LogP) is 2.63. The van der Waals surface area contributed by atoms with Crippen molar-refractivity contribution in [3.05, 3.63) is 58.1 Å². The molecule has 0 spiro atoms. The number of benzene rings is 2. The molecule has 4 rings (SSSR count). The van der Waals surface area contributed by atoms with Crippen molar-refractivity contribution in [3.8, 4) is 11.5 Å². The summed E-state index contributed by atoms with van der Waals surface area (Å²) in [6, 6.07) is 6.41. The van der Waals surface area contributed by atoms with Gasteiger partial charge in [0, 0.05) is 42.1 Å². The average molecular weight is 438 g/mol. The van der Waals surface area contributed by atoms with Gasteiger partial charge < -0.3 is 19.5 Å². The lowest BCUT2D eigenvalue weighted by Gasteiger charge is -2.42. The van der Waals surface area contributed by atoms with Crippen molar-refractivity contribution < 1.29 is 33.0 Å². The van der Waals surface area contributed by atoms with Crippen LogP contribution in [0.2, 0.25) is 5.02 Å². The fourth-order valence-corrected chi connectivity index (χ4v) is 3.72. The maximum atomic E-state index is 14.4. The first-order valence-electron chi connectivity index (χ1n) is 9.34. The highest BCUT2D eigenvalue weighted by Crippen LogP contribution is 2.31. The van der Waals surface area contributed by atoms with E-state index in [2.05, 4.69) is 0 Å². The standard InChI is InChI=1S/C21H18ClF2NO5/c22-13-1-2-18(17(24)5-13)30-20(9-26)12-7-25(8-12)21(28)15-4-11-3-14(27)10-29-19(11)6-16(15)23/h1-2,4-6,12,20,26H,3,7-10H2. The van der Waals surface area contributed by atoms with E-state index in [9.17, 15) is 23.5 Å². The van der Waals surface area contributed by atoms with E-state index in [0.29, 0.717) is 5.56 Å². The number of carbonyl (C=O) groups is 2. The molecular weight excluding hydrogens is 420 g/mol. The molecule has 6 nitrogen and oxygen atoms in total. The third-order valence-electron chi connectivity index (χ3n) is 5.23. The molecule has 1 fully saturated rings. The van der Waals surface area contributed by atoms with Crippen LogP contribution in [0, 0.1) is 17.6 Å². The first-order valence-corrected chi connectivity index (χ1v) is 9.72. The molecule has 2 aliphatic heterocycles. The molecule has 1 atom stereocenters. The number of likely N-dealkylation sites (tertiary alicyclic amines) is 1. The summed E-state index contributed by atoms with van der Waals surface area (Å²) in [6.45, 7) is -0.0534. The van der Waals surface area contributed by atoms with Crippen LogP contribution in [-0.4, -0.2) is 54.1 Å². The van der Waals surface area contributed by atoms with Crippen molar-refractivity contribution in [2.75, 3.05) is 26.3 Å². The Balaban J connectivity index is 1.42. The number of ketones is 1. The summed E-state index contributed by atoms with van der Waals surface area (Å²) in [7, 11) is 0. The predicted molar refractivity (Wildman–Crippen MR) is 103 cm³/mol. The van der Waals surface area contributed by atoms with Crippen LogP contribution in [0.25, 0.3) is 0 Å². The molecule has 2 heterocycles. The summed E-state index contributed by atoms with van der Waals surface area (Å²) in [5.41, 5.74) is 0.332. The largest absolute Gasteiger partial charge is 0.485 e. The second-order valence-corrected chi connectivity index (χ2v) is 7.76. The topological polar surface area (TPSA) is 76.1 Å². The number of hydrogen-bond donors (Lipinski definition) is 1. The van der Waals surface area contributed by atoms with Crippen molar-refractivity contribution in [1.82, 2.24) is 4.90 Å². The van der Waals surface area contributed by atoms with Crippen molar-refractivity contribution in [2.45, 2.75) is 12.5 Å². The highest BCUT2D eigenvalue weighted by Gasteiger charge is 2.39. The number of hydrogen-bond acceptors (Lipinski definition) is 5. The molecule has 9 heteroatoms. The Hall–Kier alpha value is -2.71. The van der Waals surface area contributed by atoms with Crippen molar-refractivity contribution in [3.63, 3.8) is 0 Å². The molecule has 0 aromatic heterocycles. The van der Waals surface area contributed by atoms with E-state index in [4.69, 9.17) is 21.1 Å². The Morgan fingerprint density at radius 1 is 1.27 bits per heavy atom. The number of halogens is 3. The fraction of sp³-hybridized carbons (Fsp3) is 0.333. The summed E-state index contributed by atoms with van der Waals surface area (Å²) in [4.78, 5) is 25.7. The van der Waals surface area contributed by atoms with Gasteiger partial charge in [-0.15, -0.1) is 0 Å². The maximum absolute atomic E-state index is 14.4. The zero-order chi connectivity index (χ0) is 21.4. The molecule has 2 aromatic carbocycles. The van der Waals surface area contributed by atoms with E-state index < -0.39 is 23.6 Å². The minimum absolute atomic E-state index is 0.0476. The van der Waals surface area contributed by atoms with Gasteiger partial charge in [-0.2, -0.15) is 0 Å². The van der Waals surface area contributed by atoms with Gasteiger partial charge in [0.1, 0.15) is 24.3 Å². The number of ether oxygens (including phenoxy) is 2. The van der Waals surface area contributed by atoms with Gasteiger partial charge in [0.25, 0.3) is 5.91 Å². The quantitative estimate of drug-likeness (QED) is 0.778. The van der Waals surface area contributed by atoms with Crippen LogP contribution in [0.5, 0.6) is 11.5 Å². The lowest BCUT2D eigenvalue weighted by molar-refractivity contribution is -0.121. The van der Waals surface area contributed by atoms with Gasteiger partial charge in [-0.25, -0.2) is 8.78 Å². The first kappa shape index (κ1) is 20.6. The molecule has 2 aromatic rings. The number of aliphatic hydroxyl groups is 1. The van der Waals surface area contributed by atoms with Crippen molar-refractivity contribution >= 4 is 23.3 Å². The van der Waals surface area contributed by atoms with Crippen molar-refractivity contribution in [1.29, 1.82) is 0 Å². The molecule has 1 N–H and O–H groups in total. The molecule has 1 unspecified atom stereocenters. The van der Waals surface area contributed by atoms with Gasteiger partial charge in [-0.3, -0.25) is 9.59 Å². The number of rotatable bonds is 5. The lowest BCUT2D eigenvalue weighted by Crippen LogP contribution is -2.56. The van der Waals surface area contributed by atoms with Crippen molar-refractivity contribution in [2.24, 2.45) is 5.92 Å². The van der Waals surface area contributed by atoms with E-state index >= 15 is 0 Å². The van der Waals surface area contributed by atoms with Gasteiger partial charge in [0.15, 0.2) is 17.3 Å². The molecule has 0 saturated carbocycles. The smallest absolute Gasteiger partial charge is 0.256 e. The molecule has 0 bridgehead atoms. The van der Waals surface area contributed by atoms with Crippen LogP contribution in [0.1, 0.15) is 15.9 Å². The summed E-state index contributed by atoms with van der Waals surface area (Å²) < 4.78 is 39.1. The summed E-state index contributed by atoms with van der Waals surface area (Å²) >= 11 is 5.72. The summed E-state index contributed by atoms with van der Waals surface area (Å²) in [5, 5.41) is 9.85. The SMILES string of the molecule is O=C1COc2cc(F)c(C(=O)N3CC(C(CO)Oc4ccc(Cl)cc4F)C3)cc2C1. The van der Waals surface area contributed by atoms with Crippen LogP contribution in [0.3, 0.4) is 0 Å². The van der Waals surface area contributed by atoms with Gasteiger partial charge in [-0.05, 0) is 24.3 Å². The third-order valence-corrected chi connectivity index (χ3v) is 5.47. The van der Waals surface area contributed by atoms with E-state index in [1.165, 1.54) is 23.1 Å². The third kappa shape index (κ3) is 3.97. The van der Waals surface area contributed by atoms with Crippen LogP contribution >= 0.6 is 11.6 Å². The second kappa shape index (κ2) is 8.20. The Morgan fingerprint density at radius 3 is 2.73 bits per heavy atom. The zero-order valence-electron chi connectivity index (χ0n) is 15.7. The number of fused-ring (bicyclic) bond motifs is 1. The average Bonchev–Trinajstić information content (AvgIpc) is 2.67. The van der Waals surface area contributed by atoms with E-state index in [1.54, 1.807) is 0 Å². The van der Waals surface area contributed by atoms with E-state index in [-0.39, 0.29) is 66.5 Å². The molecule has 2 aliphatic rings. The molecule has 1 amide bonds. The van der Waals surface area contributed by atoms with Crippen LogP contribution in [0.15, 0.2) is 30.3 Å². The zero-order valence-corrected chi connectivity index (χ0v) is 16.5. The highest BCUT2D eigenvalue weighted by molar-refractivity contribution is 6.30. The monoisotopic (exact) mass is 437 g/mol. The minimum atomic E-state index is -0.732. The molecule has 0 aliphatic carbocycles. The second-order valence-electron chi connectivity index (χ2n) is 7.33. The van der Waals surface area contributed by atoms with Crippen LogP contribution in [-0.2, 0) is 11.2 Å². The van der Waals surface area contributed by atoms with E-state index in [0.717, 1.165) is 12.1 Å². The summed E-state index contributed by atoms with van der Waals surface area (Å²) in [6.07, 6.45) is -0.643. The Bertz CT molecular complexity index is 1010. The molecular formula is C21H18ClF2NO5. The number of Topliss-reactive ketones (excluding diaryl/α,β-unsaturated/α-hetero) is 1. The normalized spacial score (nSPS) is 17.1. The number of amides is 1. The molecule has 158 valence electrons. The van der Waals surface area contributed by atoms with Gasteiger partial charge in [0.2, 0.25) is 0 Å². The molecule has 30 heavy (non-hydrogen) atoms. The molecule has 1 saturated heterocycles. The number of carbonyl (C=O) groups excluding carboxylic acids is 2. The van der Waals surface area contributed by atoms with Crippen LogP contribution < -0.4 is 9.47 Å². The van der Waals surface area contributed by atoms with E-state index in [1.807, 2.05) is 0 Å². The fourth-order valence-electron chi connectivity index (χ4n) is 3.56. The highest BCUT2D eigenvalue weighted by atomic mass is 35.5. The minimum Gasteiger partial charge on any atom is -0.485 e. The number of nitrogens with zero attached hydrogens (tertiary/aromatic N) is 1. The first-order chi connectivity index (χ1) is 14.4. The maximum Gasteiger partial charge on any atom is 0.256 e. The Labute approximate surface area is 175 Å². The van der Waals surface area contributed by atoms with Gasteiger partial charge in [0.05, 0.1) is 12.2 Å². The van der Waals surface area contributed by atoms with Crippen LogP contribution in [0.4, 0.5) is 8.78 Å². The van der Waals surface area contributed by atoms with Gasteiger partial charge in [-0.1, -0.05) is 11.6 Å². The van der Waals surface area contributed by atoms with Gasteiger partial charge >= 0.3 is 0 Å². The Kier molecular flexibility index (Phi) is 5.62. The Morgan fingerprint density at radius 2 is 2.03 bits per heavy atom. The lowest BCUT2D eigenvalue weighted by atomic mass is 9.92.